The first kappa shape index (κ1) is 14.0. The fraction of sp³-hybridized carbons (Fsp3) is 0.353. The van der Waals surface area contributed by atoms with Crippen LogP contribution in [0, 0.1) is 0 Å². The summed E-state index contributed by atoms with van der Waals surface area (Å²) in [5.74, 6) is 0.380. The third-order valence-corrected chi connectivity index (χ3v) is 4.61. The summed E-state index contributed by atoms with van der Waals surface area (Å²) in [6, 6.07) is 7.88. The third-order valence-electron chi connectivity index (χ3n) is 4.61. The number of nitrogens with one attached hydrogen (secondary N) is 1. The van der Waals surface area contributed by atoms with Gasteiger partial charge in [0.2, 0.25) is 0 Å². The van der Waals surface area contributed by atoms with E-state index in [1.54, 1.807) is 6.20 Å². The molecule has 1 saturated heterocycles. The summed E-state index contributed by atoms with van der Waals surface area (Å²) >= 11 is 0. The van der Waals surface area contributed by atoms with Crippen LogP contribution in [-0.4, -0.2) is 43.6 Å². The van der Waals surface area contributed by atoms with Crippen molar-refractivity contribution >= 4 is 16.9 Å². The van der Waals surface area contributed by atoms with Crippen molar-refractivity contribution in [3.8, 4) is 0 Å². The molecule has 0 aromatic carbocycles. The second-order valence-electron chi connectivity index (χ2n) is 6.14. The van der Waals surface area contributed by atoms with Crippen LogP contribution in [0.3, 0.4) is 0 Å². The summed E-state index contributed by atoms with van der Waals surface area (Å²) < 4.78 is 1.88. The highest BCUT2D eigenvalue weighted by Crippen LogP contribution is 2.27. The Morgan fingerprint density at radius 2 is 2.26 bits per heavy atom. The SMILES string of the molecule is Cn1cccc1C(=O)N1CCCC(c2ccc3cn[nH]c3n2)C1. The zero-order valence-corrected chi connectivity index (χ0v) is 13.1. The van der Waals surface area contributed by atoms with E-state index in [1.807, 2.05) is 40.9 Å². The van der Waals surface area contributed by atoms with Crippen LogP contribution in [0.25, 0.3) is 11.0 Å². The fourth-order valence-corrected chi connectivity index (χ4v) is 3.32. The summed E-state index contributed by atoms with van der Waals surface area (Å²) in [7, 11) is 1.91. The molecule has 0 saturated carbocycles. The number of nitrogens with zero attached hydrogens (tertiary/aromatic N) is 4. The molecule has 0 radical (unpaired) electrons. The Morgan fingerprint density at radius 3 is 3.09 bits per heavy atom. The smallest absolute Gasteiger partial charge is 0.270 e. The summed E-state index contributed by atoms with van der Waals surface area (Å²) in [5.41, 5.74) is 2.59. The van der Waals surface area contributed by atoms with Crippen molar-refractivity contribution in [1.82, 2.24) is 24.6 Å². The molecule has 0 spiro atoms. The second-order valence-corrected chi connectivity index (χ2v) is 6.14. The first-order valence-electron chi connectivity index (χ1n) is 7.93. The molecule has 1 aliphatic heterocycles. The maximum absolute atomic E-state index is 12.7. The number of likely N-dealkylation sites (tertiary alicyclic amines) is 1. The number of aromatic nitrogens is 4. The Morgan fingerprint density at radius 1 is 1.35 bits per heavy atom. The molecule has 23 heavy (non-hydrogen) atoms. The minimum atomic E-state index is 0.102. The first-order chi connectivity index (χ1) is 11.2. The van der Waals surface area contributed by atoms with Gasteiger partial charge in [-0.05, 0) is 37.1 Å². The first-order valence-corrected chi connectivity index (χ1v) is 7.93. The van der Waals surface area contributed by atoms with Crippen molar-refractivity contribution in [2.75, 3.05) is 13.1 Å². The van der Waals surface area contributed by atoms with Crippen LogP contribution in [0.5, 0.6) is 0 Å². The molecule has 0 bridgehead atoms. The maximum atomic E-state index is 12.7. The normalized spacial score (nSPS) is 18.5. The summed E-state index contributed by atoms with van der Waals surface area (Å²) in [6.45, 7) is 1.53. The molecule has 0 aliphatic carbocycles. The van der Waals surface area contributed by atoms with Gasteiger partial charge in [-0.2, -0.15) is 5.10 Å². The van der Waals surface area contributed by atoms with Crippen molar-refractivity contribution in [2.45, 2.75) is 18.8 Å². The van der Waals surface area contributed by atoms with Gasteiger partial charge in [-0.1, -0.05) is 0 Å². The lowest BCUT2D eigenvalue weighted by atomic mass is 9.94. The summed E-state index contributed by atoms with van der Waals surface area (Å²) in [6.07, 6.45) is 5.74. The number of rotatable bonds is 2. The number of pyridine rings is 1. The lowest BCUT2D eigenvalue weighted by Crippen LogP contribution is -2.40. The Kier molecular flexibility index (Phi) is 3.37. The van der Waals surface area contributed by atoms with Crippen molar-refractivity contribution in [3.05, 3.63) is 48.0 Å². The standard InChI is InChI=1S/C17H19N5O/c1-21-8-3-5-15(21)17(23)22-9-2-4-13(11-22)14-7-6-12-10-18-20-16(12)19-14/h3,5-8,10,13H,2,4,9,11H2,1H3,(H,18,19,20). The number of carbonyl (C=O) groups is 1. The van der Waals surface area contributed by atoms with E-state index in [2.05, 4.69) is 21.2 Å². The van der Waals surface area contributed by atoms with Gasteiger partial charge >= 0.3 is 0 Å². The van der Waals surface area contributed by atoms with Gasteiger partial charge in [-0.25, -0.2) is 4.98 Å². The lowest BCUT2D eigenvalue weighted by Gasteiger charge is -2.32. The minimum Gasteiger partial charge on any atom is -0.347 e. The number of H-pyrrole nitrogens is 1. The van der Waals surface area contributed by atoms with Crippen LogP contribution < -0.4 is 0 Å². The van der Waals surface area contributed by atoms with Crippen LogP contribution in [-0.2, 0) is 7.05 Å². The van der Waals surface area contributed by atoms with E-state index in [-0.39, 0.29) is 11.8 Å². The number of carbonyl (C=O) groups excluding carboxylic acids is 1. The maximum Gasteiger partial charge on any atom is 0.270 e. The number of piperidine rings is 1. The molecule has 1 aliphatic rings. The molecular formula is C17H19N5O. The van der Waals surface area contributed by atoms with Crippen LogP contribution in [0.2, 0.25) is 0 Å². The van der Waals surface area contributed by atoms with E-state index in [9.17, 15) is 4.79 Å². The Labute approximate surface area is 134 Å². The van der Waals surface area contributed by atoms with E-state index in [0.29, 0.717) is 0 Å². The molecule has 1 N–H and O–H groups in total. The summed E-state index contributed by atoms with van der Waals surface area (Å²) in [5, 5.41) is 7.95. The van der Waals surface area contributed by atoms with Gasteiger partial charge in [0.15, 0.2) is 5.65 Å². The van der Waals surface area contributed by atoms with Crippen LogP contribution >= 0.6 is 0 Å². The number of aromatic amines is 1. The molecular weight excluding hydrogens is 290 g/mol. The number of amides is 1. The van der Waals surface area contributed by atoms with Crippen molar-refractivity contribution in [3.63, 3.8) is 0 Å². The topological polar surface area (TPSA) is 66.8 Å². The van der Waals surface area contributed by atoms with Gasteiger partial charge in [0.05, 0.1) is 6.20 Å². The average molecular weight is 309 g/mol. The minimum absolute atomic E-state index is 0.102. The number of hydrogen-bond acceptors (Lipinski definition) is 3. The molecule has 3 aromatic heterocycles. The zero-order valence-electron chi connectivity index (χ0n) is 13.1. The molecule has 1 fully saturated rings. The Hall–Kier alpha value is -2.63. The van der Waals surface area contributed by atoms with Gasteiger partial charge < -0.3 is 9.47 Å². The monoisotopic (exact) mass is 309 g/mol. The van der Waals surface area contributed by atoms with Crippen LogP contribution in [0.4, 0.5) is 0 Å². The molecule has 4 rings (SSSR count). The number of fused-ring (bicyclic) bond motifs is 1. The second kappa shape index (κ2) is 5.53. The quantitative estimate of drug-likeness (QED) is 0.790. The molecule has 1 unspecified atom stereocenters. The van der Waals surface area contributed by atoms with E-state index < -0.39 is 0 Å². The van der Waals surface area contributed by atoms with Gasteiger partial charge in [0.1, 0.15) is 5.69 Å². The molecule has 4 heterocycles. The molecule has 3 aromatic rings. The molecule has 118 valence electrons. The van der Waals surface area contributed by atoms with Crippen molar-refractivity contribution < 1.29 is 4.79 Å². The van der Waals surface area contributed by atoms with E-state index in [4.69, 9.17) is 0 Å². The van der Waals surface area contributed by atoms with Gasteiger partial charge in [0, 0.05) is 43.3 Å². The van der Waals surface area contributed by atoms with Gasteiger partial charge in [-0.15, -0.1) is 0 Å². The van der Waals surface area contributed by atoms with Crippen molar-refractivity contribution in [2.24, 2.45) is 7.05 Å². The van der Waals surface area contributed by atoms with E-state index in [1.165, 1.54) is 0 Å². The Bertz CT molecular complexity index is 849. The largest absolute Gasteiger partial charge is 0.347 e. The van der Waals surface area contributed by atoms with Gasteiger partial charge in [-0.3, -0.25) is 9.89 Å². The molecule has 1 atom stereocenters. The Balaban J connectivity index is 1.56. The highest BCUT2D eigenvalue weighted by Gasteiger charge is 2.27. The van der Waals surface area contributed by atoms with E-state index >= 15 is 0 Å². The van der Waals surface area contributed by atoms with E-state index in [0.717, 1.165) is 48.4 Å². The third kappa shape index (κ3) is 2.50. The van der Waals surface area contributed by atoms with Crippen molar-refractivity contribution in [1.29, 1.82) is 0 Å². The summed E-state index contributed by atoms with van der Waals surface area (Å²) in [4.78, 5) is 19.3. The molecule has 1 amide bonds. The highest BCUT2D eigenvalue weighted by molar-refractivity contribution is 5.92. The van der Waals surface area contributed by atoms with Crippen LogP contribution in [0.15, 0.2) is 36.7 Å². The molecule has 6 heteroatoms. The highest BCUT2D eigenvalue weighted by atomic mass is 16.2. The van der Waals surface area contributed by atoms with Crippen LogP contribution in [0.1, 0.15) is 34.9 Å². The lowest BCUT2D eigenvalue weighted by molar-refractivity contribution is 0.0696. The van der Waals surface area contributed by atoms with Gasteiger partial charge in [0.25, 0.3) is 5.91 Å². The predicted molar refractivity (Wildman–Crippen MR) is 87.2 cm³/mol. The predicted octanol–water partition coefficient (Wildman–Crippen LogP) is 2.32. The number of hydrogen-bond donors (Lipinski definition) is 1. The fourth-order valence-electron chi connectivity index (χ4n) is 3.32. The average Bonchev–Trinajstić information content (AvgIpc) is 3.22. The zero-order chi connectivity index (χ0) is 15.8. The molecule has 6 nitrogen and oxygen atoms in total. The number of aryl methyl sites for hydroxylation is 1.